The molecule has 0 fully saturated rings. The van der Waals surface area contributed by atoms with Crippen molar-refractivity contribution in [2.24, 2.45) is 7.05 Å². The van der Waals surface area contributed by atoms with Gasteiger partial charge >= 0.3 is 6.18 Å². The zero-order chi connectivity index (χ0) is 10.3. The number of alkyl halides is 3. The molecule has 0 N–H and O–H groups in total. The molecular weight excluding hydrogens is 183 g/mol. The predicted octanol–water partition coefficient (Wildman–Crippen LogP) is 1.66. The van der Waals surface area contributed by atoms with E-state index in [4.69, 9.17) is 0 Å². The standard InChI is InChI=1S/C7H10F3N3/c1-6(2,7(8,9)10)5-12-11-4-13(5)3/h4H,1-3H3. The van der Waals surface area contributed by atoms with Crippen molar-refractivity contribution in [3.05, 3.63) is 12.2 Å². The summed E-state index contributed by atoms with van der Waals surface area (Å²) in [4.78, 5) is 0. The molecule has 0 aliphatic rings. The van der Waals surface area contributed by atoms with Crippen molar-refractivity contribution in [2.45, 2.75) is 25.4 Å². The van der Waals surface area contributed by atoms with E-state index in [9.17, 15) is 13.2 Å². The van der Waals surface area contributed by atoms with Gasteiger partial charge in [-0.1, -0.05) is 0 Å². The Labute approximate surface area is 73.6 Å². The lowest BCUT2D eigenvalue weighted by molar-refractivity contribution is -0.183. The number of nitrogens with zero attached hydrogens (tertiary/aromatic N) is 3. The molecule has 6 heteroatoms. The number of aromatic nitrogens is 3. The van der Waals surface area contributed by atoms with Crippen molar-refractivity contribution in [3.8, 4) is 0 Å². The maximum Gasteiger partial charge on any atom is 0.400 e. The average Bonchev–Trinajstić information content (AvgIpc) is 2.32. The van der Waals surface area contributed by atoms with Crippen LogP contribution in [0.3, 0.4) is 0 Å². The lowest BCUT2D eigenvalue weighted by Crippen LogP contribution is -2.38. The smallest absolute Gasteiger partial charge is 0.320 e. The number of halogens is 3. The van der Waals surface area contributed by atoms with Gasteiger partial charge in [-0.25, -0.2) is 0 Å². The summed E-state index contributed by atoms with van der Waals surface area (Å²) >= 11 is 0. The first kappa shape index (κ1) is 10.0. The third kappa shape index (κ3) is 1.52. The topological polar surface area (TPSA) is 30.7 Å². The zero-order valence-corrected chi connectivity index (χ0v) is 7.55. The van der Waals surface area contributed by atoms with Gasteiger partial charge in [0, 0.05) is 7.05 Å². The first-order valence-corrected chi connectivity index (χ1v) is 3.68. The molecule has 0 bridgehead atoms. The molecule has 0 aromatic carbocycles. The molecule has 1 aromatic rings. The predicted molar refractivity (Wildman–Crippen MR) is 40.1 cm³/mol. The Bertz CT molecular complexity index is 300. The summed E-state index contributed by atoms with van der Waals surface area (Å²) in [6, 6.07) is 0. The van der Waals surface area contributed by atoms with E-state index in [1.807, 2.05) is 0 Å². The van der Waals surface area contributed by atoms with E-state index in [0.717, 1.165) is 13.8 Å². The molecule has 0 saturated heterocycles. The number of rotatable bonds is 1. The second kappa shape index (κ2) is 2.71. The lowest BCUT2D eigenvalue weighted by Gasteiger charge is -2.26. The van der Waals surface area contributed by atoms with Gasteiger partial charge in [0.2, 0.25) is 0 Å². The van der Waals surface area contributed by atoms with E-state index in [0.29, 0.717) is 0 Å². The van der Waals surface area contributed by atoms with Crippen LogP contribution in [-0.2, 0) is 12.5 Å². The summed E-state index contributed by atoms with van der Waals surface area (Å²) in [7, 11) is 1.49. The molecule has 1 rings (SSSR count). The summed E-state index contributed by atoms with van der Waals surface area (Å²) in [5, 5.41) is 6.86. The highest BCUT2D eigenvalue weighted by atomic mass is 19.4. The van der Waals surface area contributed by atoms with Crippen molar-refractivity contribution in [3.63, 3.8) is 0 Å². The highest BCUT2D eigenvalue weighted by molar-refractivity contribution is 5.07. The highest BCUT2D eigenvalue weighted by Crippen LogP contribution is 2.38. The van der Waals surface area contributed by atoms with Gasteiger partial charge in [-0.2, -0.15) is 13.2 Å². The molecule has 0 spiro atoms. The average molecular weight is 193 g/mol. The summed E-state index contributed by atoms with van der Waals surface area (Å²) in [5.74, 6) is -0.0833. The van der Waals surface area contributed by atoms with Crippen molar-refractivity contribution >= 4 is 0 Å². The second-order valence-corrected chi connectivity index (χ2v) is 3.39. The minimum absolute atomic E-state index is 0.0833. The molecule has 0 aliphatic carbocycles. The first-order valence-electron chi connectivity index (χ1n) is 3.68. The van der Waals surface area contributed by atoms with Crippen molar-refractivity contribution in [1.82, 2.24) is 14.8 Å². The number of aryl methyl sites for hydroxylation is 1. The molecular formula is C7H10F3N3. The molecule has 0 aliphatic heterocycles. The van der Waals surface area contributed by atoms with E-state index >= 15 is 0 Å². The summed E-state index contributed by atoms with van der Waals surface area (Å²) in [5.41, 5.74) is -1.96. The molecule has 0 amide bonds. The van der Waals surface area contributed by atoms with Gasteiger partial charge < -0.3 is 4.57 Å². The zero-order valence-electron chi connectivity index (χ0n) is 7.55. The van der Waals surface area contributed by atoms with Gasteiger partial charge in [-0.3, -0.25) is 0 Å². The monoisotopic (exact) mass is 193 g/mol. The Kier molecular flexibility index (Phi) is 2.09. The van der Waals surface area contributed by atoms with Crippen molar-refractivity contribution in [2.75, 3.05) is 0 Å². The molecule has 1 aromatic heterocycles. The van der Waals surface area contributed by atoms with Crippen molar-refractivity contribution in [1.29, 1.82) is 0 Å². The van der Waals surface area contributed by atoms with Crippen LogP contribution in [0.4, 0.5) is 13.2 Å². The SMILES string of the molecule is Cn1cnnc1C(C)(C)C(F)(F)F. The van der Waals surface area contributed by atoms with E-state index in [1.165, 1.54) is 17.9 Å². The van der Waals surface area contributed by atoms with Gasteiger partial charge in [0.1, 0.15) is 17.6 Å². The van der Waals surface area contributed by atoms with Gasteiger partial charge in [-0.05, 0) is 13.8 Å². The maximum atomic E-state index is 12.5. The lowest BCUT2D eigenvalue weighted by atomic mass is 9.92. The Morgan fingerprint density at radius 1 is 1.31 bits per heavy atom. The third-order valence-corrected chi connectivity index (χ3v) is 1.98. The fraction of sp³-hybridized carbons (Fsp3) is 0.714. The fourth-order valence-corrected chi connectivity index (χ4v) is 0.976. The van der Waals surface area contributed by atoms with Crippen LogP contribution in [0.15, 0.2) is 6.33 Å². The summed E-state index contributed by atoms with van der Waals surface area (Å²) < 4.78 is 38.8. The van der Waals surface area contributed by atoms with E-state index in [1.54, 1.807) is 0 Å². The Hall–Kier alpha value is -1.07. The molecule has 0 radical (unpaired) electrons. The number of hydrogen-bond donors (Lipinski definition) is 0. The summed E-state index contributed by atoms with van der Waals surface area (Å²) in [6.07, 6.45) is -3.06. The Morgan fingerprint density at radius 3 is 2.15 bits per heavy atom. The second-order valence-electron chi connectivity index (χ2n) is 3.39. The van der Waals surface area contributed by atoms with Crippen LogP contribution in [0.2, 0.25) is 0 Å². The molecule has 3 nitrogen and oxygen atoms in total. The van der Waals surface area contributed by atoms with E-state index in [-0.39, 0.29) is 5.82 Å². The first-order chi connectivity index (χ1) is 5.77. The maximum absolute atomic E-state index is 12.5. The van der Waals surface area contributed by atoms with Gasteiger partial charge in [0.15, 0.2) is 0 Å². The van der Waals surface area contributed by atoms with Crippen LogP contribution in [0.5, 0.6) is 0 Å². The molecule has 13 heavy (non-hydrogen) atoms. The molecule has 74 valence electrons. The van der Waals surface area contributed by atoms with Crippen LogP contribution < -0.4 is 0 Å². The van der Waals surface area contributed by atoms with Crippen LogP contribution in [0.1, 0.15) is 19.7 Å². The number of hydrogen-bond acceptors (Lipinski definition) is 2. The largest absolute Gasteiger partial charge is 0.400 e. The molecule has 1 heterocycles. The molecule has 0 unspecified atom stereocenters. The summed E-state index contributed by atoms with van der Waals surface area (Å²) in [6.45, 7) is 2.16. The quantitative estimate of drug-likeness (QED) is 0.679. The molecule has 0 atom stereocenters. The van der Waals surface area contributed by atoms with Crippen LogP contribution in [0.25, 0.3) is 0 Å². The van der Waals surface area contributed by atoms with Crippen molar-refractivity contribution < 1.29 is 13.2 Å². The van der Waals surface area contributed by atoms with Gasteiger partial charge in [0.05, 0.1) is 0 Å². The van der Waals surface area contributed by atoms with E-state index in [2.05, 4.69) is 10.2 Å². The normalized spacial score (nSPS) is 13.4. The fourth-order valence-electron chi connectivity index (χ4n) is 0.976. The van der Waals surface area contributed by atoms with Gasteiger partial charge in [0.25, 0.3) is 0 Å². The third-order valence-electron chi connectivity index (χ3n) is 1.98. The Morgan fingerprint density at radius 2 is 1.85 bits per heavy atom. The Balaban J connectivity index is 3.15. The molecule has 0 saturated carbocycles. The van der Waals surface area contributed by atoms with Gasteiger partial charge in [-0.15, -0.1) is 10.2 Å². The minimum atomic E-state index is -4.31. The van der Waals surface area contributed by atoms with Crippen LogP contribution >= 0.6 is 0 Å². The highest BCUT2D eigenvalue weighted by Gasteiger charge is 2.51. The van der Waals surface area contributed by atoms with Crippen LogP contribution in [0, 0.1) is 0 Å². The van der Waals surface area contributed by atoms with E-state index < -0.39 is 11.6 Å². The minimum Gasteiger partial charge on any atom is -0.320 e. The van der Waals surface area contributed by atoms with Crippen LogP contribution in [-0.4, -0.2) is 20.9 Å².